The average molecular weight is 421 g/mol. The molecule has 31 heavy (non-hydrogen) atoms. The van der Waals surface area contributed by atoms with Crippen molar-refractivity contribution in [1.82, 2.24) is 9.97 Å². The van der Waals surface area contributed by atoms with Gasteiger partial charge in [-0.3, -0.25) is 9.97 Å². The van der Waals surface area contributed by atoms with E-state index in [1.165, 1.54) is 0 Å². The van der Waals surface area contributed by atoms with Gasteiger partial charge in [0, 0.05) is 24.8 Å². The third-order valence-electron chi connectivity index (χ3n) is 6.22. The summed E-state index contributed by atoms with van der Waals surface area (Å²) in [4.78, 5) is 18.5. The molecule has 164 valence electrons. The highest BCUT2D eigenvalue weighted by atomic mass is 16.5. The Bertz CT molecular complexity index is 848. The molecule has 0 saturated carbocycles. The van der Waals surface area contributed by atoms with Gasteiger partial charge in [-0.25, -0.2) is 9.98 Å². The standard InChI is InChI=1S/C25H32N4O2/c1-17(2)21-15-30-23(28-21)25(13-19-5-9-26-10-6-19,14-20-7-11-27-12-8-20)24-29-22(16-31-24)18(3)4/h5-12,17-18,21-22H,13-16H2,1-4H3/t21-,22-/m1/s1. The highest BCUT2D eigenvalue weighted by molar-refractivity contribution is 6.06. The average Bonchev–Trinajstić information content (AvgIpc) is 3.46. The maximum atomic E-state index is 6.30. The maximum absolute atomic E-state index is 6.30. The minimum Gasteiger partial charge on any atom is -0.478 e. The zero-order valence-corrected chi connectivity index (χ0v) is 18.9. The second kappa shape index (κ2) is 9.16. The van der Waals surface area contributed by atoms with Crippen LogP contribution in [0.2, 0.25) is 0 Å². The van der Waals surface area contributed by atoms with Crippen molar-refractivity contribution >= 4 is 11.8 Å². The van der Waals surface area contributed by atoms with Crippen molar-refractivity contribution in [2.45, 2.75) is 52.6 Å². The number of rotatable bonds is 8. The second-order valence-corrected chi connectivity index (χ2v) is 9.26. The molecule has 0 saturated heterocycles. The summed E-state index contributed by atoms with van der Waals surface area (Å²) in [7, 11) is 0. The van der Waals surface area contributed by atoms with E-state index in [0.29, 0.717) is 37.9 Å². The summed E-state index contributed by atoms with van der Waals surface area (Å²) in [5.41, 5.74) is 1.71. The normalized spacial score (nSPS) is 21.1. The number of pyridine rings is 2. The monoisotopic (exact) mass is 420 g/mol. The molecule has 0 spiro atoms. The van der Waals surface area contributed by atoms with Crippen LogP contribution in [0.3, 0.4) is 0 Å². The first-order valence-corrected chi connectivity index (χ1v) is 11.2. The first-order valence-electron chi connectivity index (χ1n) is 11.2. The van der Waals surface area contributed by atoms with Gasteiger partial charge in [0.05, 0.1) is 12.1 Å². The Morgan fingerprint density at radius 2 is 1.13 bits per heavy atom. The predicted molar refractivity (Wildman–Crippen MR) is 122 cm³/mol. The van der Waals surface area contributed by atoms with Crippen molar-refractivity contribution in [2.75, 3.05) is 13.2 Å². The molecule has 0 unspecified atom stereocenters. The van der Waals surface area contributed by atoms with Crippen LogP contribution in [0, 0.1) is 17.3 Å². The molecule has 2 aromatic heterocycles. The van der Waals surface area contributed by atoms with E-state index in [1.54, 1.807) is 0 Å². The fraction of sp³-hybridized carbons (Fsp3) is 0.520. The Morgan fingerprint density at radius 3 is 1.45 bits per heavy atom. The van der Waals surface area contributed by atoms with Crippen LogP contribution in [0.4, 0.5) is 0 Å². The molecule has 6 nitrogen and oxygen atoms in total. The van der Waals surface area contributed by atoms with Gasteiger partial charge in [0.1, 0.15) is 18.6 Å². The highest BCUT2D eigenvalue weighted by Crippen LogP contribution is 2.38. The summed E-state index contributed by atoms with van der Waals surface area (Å²) in [5, 5.41) is 0. The number of aliphatic imine (C=N–C) groups is 2. The molecular formula is C25H32N4O2. The molecule has 6 heteroatoms. The van der Waals surface area contributed by atoms with Gasteiger partial charge < -0.3 is 9.47 Å². The number of ether oxygens (including phenoxy) is 2. The lowest BCUT2D eigenvalue weighted by Gasteiger charge is -2.32. The smallest absolute Gasteiger partial charge is 0.200 e. The molecule has 0 amide bonds. The van der Waals surface area contributed by atoms with Crippen LogP contribution in [0.15, 0.2) is 59.0 Å². The molecular weight excluding hydrogens is 388 g/mol. The van der Waals surface area contributed by atoms with Crippen molar-refractivity contribution in [1.29, 1.82) is 0 Å². The fourth-order valence-electron chi connectivity index (χ4n) is 4.14. The van der Waals surface area contributed by atoms with Crippen LogP contribution < -0.4 is 0 Å². The van der Waals surface area contributed by atoms with Crippen LogP contribution in [-0.2, 0) is 22.3 Å². The molecule has 0 aromatic carbocycles. The first-order chi connectivity index (χ1) is 15.0. The van der Waals surface area contributed by atoms with Crippen molar-refractivity contribution in [3.05, 3.63) is 60.2 Å². The van der Waals surface area contributed by atoms with E-state index in [-0.39, 0.29) is 12.1 Å². The fourth-order valence-corrected chi connectivity index (χ4v) is 4.14. The minimum absolute atomic E-state index is 0.146. The van der Waals surface area contributed by atoms with Gasteiger partial charge in [-0.1, -0.05) is 27.7 Å². The first kappa shape index (κ1) is 21.5. The lowest BCUT2D eigenvalue weighted by atomic mass is 9.75. The molecule has 0 N–H and O–H groups in total. The number of nitrogens with zero attached hydrogens (tertiary/aromatic N) is 4. The lowest BCUT2D eigenvalue weighted by molar-refractivity contribution is 0.237. The largest absolute Gasteiger partial charge is 0.478 e. The molecule has 2 aromatic rings. The van der Waals surface area contributed by atoms with E-state index in [4.69, 9.17) is 19.5 Å². The van der Waals surface area contributed by atoms with Crippen LogP contribution >= 0.6 is 0 Å². The van der Waals surface area contributed by atoms with E-state index in [9.17, 15) is 0 Å². The molecule has 0 bridgehead atoms. The Labute approximate surface area is 184 Å². The van der Waals surface area contributed by atoms with Gasteiger partial charge in [-0.2, -0.15) is 0 Å². The summed E-state index contributed by atoms with van der Waals surface area (Å²) in [6.45, 7) is 9.95. The zero-order chi connectivity index (χ0) is 21.8. The van der Waals surface area contributed by atoms with Crippen LogP contribution in [-0.4, -0.2) is 47.1 Å². The molecule has 2 aliphatic rings. The van der Waals surface area contributed by atoms with Gasteiger partial charge in [-0.05, 0) is 60.1 Å². The molecule has 2 aliphatic heterocycles. The van der Waals surface area contributed by atoms with Crippen molar-refractivity contribution < 1.29 is 9.47 Å². The molecule has 4 heterocycles. The van der Waals surface area contributed by atoms with E-state index < -0.39 is 5.41 Å². The second-order valence-electron chi connectivity index (χ2n) is 9.26. The van der Waals surface area contributed by atoms with Gasteiger partial charge in [0.15, 0.2) is 11.8 Å². The number of hydrogen-bond acceptors (Lipinski definition) is 6. The van der Waals surface area contributed by atoms with Gasteiger partial charge >= 0.3 is 0 Å². The van der Waals surface area contributed by atoms with Gasteiger partial charge in [0.2, 0.25) is 0 Å². The minimum atomic E-state index is -0.601. The topological polar surface area (TPSA) is 69.0 Å². The van der Waals surface area contributed by atoms with E-state index in [0.717, 1.165) is 22.9 Å². The van der Waals surface area contributed by atoms with E-state index >= 15 is 0 Å². The van der Waals surface area contributed by atoms with Crippen molar-refractivity contribution in [3.63, 3.8) is 0 Å². The molecule has 0 radical (unpaired) electrons. The quantitative estimate of drug-likeness (QED) is 0.643. The predicted octanol–water partition coefficient (Wildman–Crippen LogP) is 4.15. The molecule has 2 atom stereocenters. The summed E-state index contributed by atoms with van der Waals surface area (Å²) >= 11 is 0. The summed E-state index contributed by atoms with van der Waals surface area (Å²) in [6, 6.07) is 8.48. The SMILES string of the molecule is CC(C)[C@H]1COC(C(Cc2ccncc2)(Cc2ccncc2)C2=N[C@@H](C(C)C)CO2)=N1. The van der Waals surface area contributed by atoms with Crippen LogP contribution in [0.25, 0.3) is 0 Å². The Hall–Kier alpha value is -2.76. The van der Waals surface area contributed by atoms with Crippen LogP contribution in [0.5, 0.6) is 0 Å². The van der Waals surface area contributed by atoms with Crippen molar-refractivity contribution in [3.8, 4) is 0 Å². The van der Waals surface area contributed by atoms with E-state index in [1.807, 2.05) is 49.1 Å². The number of aromatic nitrogens is 2. The van der Waals surface area contributed by atoms with Gasteiger partial charge in [-0.15, -0.1) is 0 Å². The zero-order valence-electron chi connectivity index (χ0n) is 18.9. The van der Waals surface area contributed by atoms with Crippen molar-refractivity contribution in [2.24, 2.45) is 27.2 Å². The Morgan fingerprint density at radius 1 is 0.742 bits per heavy atom. The summed E-state index contributed by atoms with van der Waals surface area (Å²) < 4.78 is 12.6. The Balaban J connectivity index is 1.83. The van der Waals surface area contributed by atoms with E-state index in [2.05, 4.69) is 37.7 Å². The third kappa shape index (κ3) is 4.63. The Kier molecular flexibility index (Phi) is 6.35. The number of hydrogen-bond donors (Lipinski definition) is 0. The van der Waals surface area contributed by atoms with Gasteiger partial charge in [0.25, 0.3) is 0 Å². The van der Waals surface area contributed by atoms with Crippen LogP contribution in [0.1, 0.15) is 38.8 Å². The third-order valence-corrected chi connectivity index (χ3v) is 6.22. The summed E-state index contributed by atoms with van der Waals surface area (Å²) in [6.07, 6.45) is 8.68. The molecule has 0 fully saturated rings. The lowest BCUT2D eigenvalue weighted by Crippen LogP contribution is -2.44. The summed E-state index contributed by atoms with van der Waals surface area (Å²) in [5.74, 6) is 2.30. The molecule has 4 rings (SSSR count). The molecule has 0 aliphatic carbocycles. The highest BCUT2D eigenvalue weighted by Gasteiger charge is 2.49. The maximum Gasteiger partial charge on any atom is 0.200 e.